The van der Waals surface area contributed by atoms with Gasteiger partial charge in [0.05, 0.1) is 11.4 Å². The second-order valence-electron chi connectivity index (χ2n) is 3.67. The quantitative estimate of drug-likeness (QED) is 0.715. The number of hydrogen-bond donors (Lipinski definition) is 0. The van der Waals surface area contributed by atoms with Crippen molar-refractivity contribution >= 4 is 12.2 Å². The topological polar surface area (TPSA) is 17.8 Å². The lowest BCUT2D eigenvalue weighted by Gasteiger charge is -2.01. The van der Waals surface area contributed by atoms with Gasteiger partial charge in [-0.15, -0.1) is 0 Å². The van der Waals surface area contributed by atoms with Crippen molar-refractivity contribution in [1.82, 2.24) is 9.78 Å². The van der Waals surface area contributed by atoms with Gasteiger partial charge in [-0.1, -0.05) is 32.6 Å². The van der Waals surface area contributed by atoms with Gasteiger partial charge < -0.3 is 0 Å². The Balaban J connectivity index is 3.37. The molecular weight excluding hydrogens is 172 g/mol. The van der Waals surface area contributed by atoms with Crippen LogP contribution >= 0.6 is 0 Å². The lowest BCUT2D eigenvalue weighted by atomic mass is 10.0. The van der Waals surface area contributed by atoms with Crippen LogP contribution in [-0.4, -0.2) is 9.78 Å². The van der Waals surface area contributed by atoms with Gasteiger partial charge in [0.25, 0.3) is 0 Å². The minimum absolute atomic E-state index is 0.445. The second-order valence-corrected chi connectivity index (χ2v) is 3.67. The molecule has 0 aliphatic heterocycles. The molecular formula is C12H18N2. The summed E-state index contributed by atoms with van der Waals surface area (Å²) >= 11 is 0. The zero-order valence-electron chi connectivity index (χ0n) is 9.41. The molecule has 1 heterocycles. The first-order chi connectivity index (χ1) is 6.61. The molecule has 76 valence electrons. The van der Waals surface area contributed by atoms with Crippen LogP contribution in [-0.2, 0) is 7.05 Å². The summed E-state index contributed by atoms with van der Waals surface area (Å²) in [6.45, 7) is 10.1. The number of nitrogens with zero attached hydrogens (tertiary/aromatic N) is 2. The van der Waals surface area contributed by atoms with Gasteiger partial charge in [0.2, 0.25) is 0 Å². The lowest BCUT2D eigenvalue weighted by molar-refractivity contribution is 0.709. The fourth-order valence-corrected chi connectivity index (χ4v) is 1.58. The highest BCUT2D eigenvalue weighted by Gasteiger charge is 2.13. The van der Waals surface area contributed by atoms with Crippen molar-refractivity contribution in [2.45, 2.75) is 26.7 Å². The van der Waals surface area contributed by atoms with E-state index in [0.29, 0.717) is 5.92 Å². The van der Waals surface area contributed by atoms with Gasteiger partial charge in [-0.25, -0.2) is 0 Å². The van der Waals surface area contributed by atoms with E-state index in [9.17, 15) is 0 Å². The third-order valence-corrected chi connectivity index (χ3v) is 2.23. The Hall–Kier alpha value is -1.31. The Morgan fingerprint density at radius 2 is 2.07 bits per heavy atom. The van der Waals surface area contributed by atoms with Gasteiger partial charge in [-0.05, 0) is 18.9 Å². The fourth-order valence-electron chi connectivity index (χ4n) is 1.58. The van der Waals surface area contributed by atoms with Gasteiger partial charge >= 0.3 is 0 Å². The van der Waals surface area contributed by atoms with Crippen molar-refractivity contribution in [3.63, 3.8) is 0 Å². The summed E-state index contributed by atoms with van der Waals surface area (Å²) in [4.78, 5) is 0. The molecule has 1 rings (SSSR count). The molecule has 0 bridgehead atoms. The average molecular weight is 190 g/mol. The highest BCUT2D eigenvalue weighted by molar-refractivity contribution is 5.64. The first kappa shape index (κ1) is 10.8. The molecule has 0 radical (unpaired) electrons. The van der Waals surface area contributed by atoms with E-state index in [1.807, 2.05) is 30.8 Å². The molecule has 0 aromatic carbocycles. The van der Waals surface area contributed by atoms with E-state index in [2.05, 4.69) is 31.6 Å². The number of aryl methyl sites for hydroxylation is 1. The van der Waals surface area contributed by atoms with Gasteiger partial charge in [0.15, 0.2) is 0 Å². The van der Waals surface area contributed by atoms with E-state index in [0.717, 1.165) is 11.4 Å². The second kappa shape index (κ2) is 4.27. The van der Waals surface area contributed by atoms with E-state index in [4.69, 9.17) is 0 Å². The average Bonchev–Trinajstić information content (AvgIpc) is 2.43. The van der Waals surface area contributed by atoms with Crippen LogP contribution in [0.15, 0.2) is 12.7 Å². The summed E-state index contributed by atoms with van der Waals surface area (Å²) in [6.07, 6.45) is 5.99. The predicted molar refractivity (Wildman–Crippen MR) is 62.1 cm³/mol. The third kappa shape index (κ3) is 1.79. The highest BCUT2D eigenvalue weighted by Crippen LogP contribution is 2.23. The highest BCUT2D eigenvalue weighted by atomic mass is 15.3. The molecule has 2 heteroatoms. The predicted octanol–water partition coefficient (Wildman–Crippen LogP) is 3.22. The Bertz CT molecular complexity index is 357. The zero-order valence-corrected chi connectivity index (χ0v) is 9.41. The number of rotatable bonds is 3. The first-order valence-corrected chi connectivity index (χ1v) is 4.93. The van der Waals surface area contributed by atoms with Gasteiger partial charge in [0.1, 0.15) is 0 Å². The molecule has 2 nitrogen and oxygen atoms in total. The summed E-state index contributed by atoms with van der Waals surface area (Å²) in [6, 6.07) is 0. The fraction of sp³-hybridized carbons (Fsp3) is 0.417. The molecule has 0 atom stereocenters. The molecule has 14 heavy (non-hydrogen) atoms. The normalized spacial score (nSPS) is 11.5. The van der Waals surface area contributed by atoms with E-state index >= 15 is 0 Å². The van der Waals surface area contributed by atoms with E-state index in [-0.39, 0.29) is 0 Å². The molecule has 1 aromatic heterocycles. The minimum atomic E-state index is 0.445. The van der Waals surface area contributed by atoms with Crippen LogP contribution < -0.4 is 0 Å². The van der Waals surface area contributed by atoms with Crippen LogP contribution in [0.2, 0.25) is 0 Å². The SMILES string of the molecule is C=Cc1c(/C=C\C)c(C(C)C)nn1C. The largest absolute Gasteiger partial charge is 0.268 e. The Morgan fingerprint density at radius 1 is 1.43 bits per heavy atom. The van der Waals surface area contributed by atoms with Gasteiger partial charge in [0, 0.05) is 12.6 Å². The van der Waals surface area contributed by atoms with E-state index in [1.165, 1.54) is 5.56 Å². The summed E-state index contributed by atoms with van der Waals surface area (Å²) in [7, 11) is 1.95. The Kier molecular flexibility index (Phi) is 3.28. The van der Waals surface area contributed by atoms with Crippen LogP contribution in [0.25, 0.3) is 12.2 Å². The van der Waals surface area contributed by atoms with E-state index in [1.54, 1.807) is 0 Å². The number of aromatic nitrogens is 2. The van der Waals surface area contributed by atoms with Gasteiger partial charge in [-0.2, -0.15) is 5.10 Å². The zero-order chi connectivity index (χ0) is 10.7. The molecule has 0 aliphatic rings. The molecule has 1 aromatic rings. The summed E-state index contributed by atoms with van der Waals surface area (Å²) in [5.74, 6) is 0.445. The van der Waals surface area contributed by atoms with Crippen LogP contribution in [0.4, 0.5) is 0 Å². The van der Waals surface area contributed by atoms with Crippen molar-refractivity contribution in [2.75, 3.05) is 0 Å². The maximum absolute atomic E-state index is 4.49. The van der Waals surface area contributed by atoms with Crippen LogP contribution in [0.1, 0.15) is 43.6 Å². The van der Waals surface area contributed by atoms with Gasteiger partial charge in [-0.3, -0.25) is 4.68 Å². The van der Waals surface area contributed by atoms with Crippen molar-refractivity contribution in [2.24, 2.45) is 7.05 Å². The lowest BCUT2D eigenvalue weighted by Crippen LogP contribution is -1.94. The van der Waals surface area contributed by atoms with Crippen molar-refractivity contribution < 1.29 is 0 Å². The van der Waals surface area contributed by atoms with Crippen LogP contribution in [0.3, 0.4) is 0 Å². The third-order valence-electron chi connectivity index (χ3n) is 2.23. The number of hydrogen-bond acceptors (Lipinski definition) is 1. The monoisotopic (exact) mass is 190 g/mol. The molecule has 0 amide bonds. The maximum Gasteiger partial charge on any atom is 0.0728 e. The molecule has 0 aliphatic carbocycles. The molecule has 0 unspecified atom stereocenters. The molecule has 0 fully saturated rings. The van der Waals surface area contributed by atoms with E-state index < -0.39 is 0 Å². The Labute approximate surface area is 85.9 Å². The summed E-state index contributed by atoms with van der Waals surface area (Å²) < 4.78 is 1.89. The summed E-state index contributed by atoms with van der Waals surface area (Å²) in [5.41, 5.74) is 3.42. The minimum Gasteiger partial charge on any atom is -0.268 e. The van der Waals surface area contributed by atoms with Crippen LogP contribution in [0, 0.1) is 0 Å². The molecule has 0 N–H and O–H groups in total. The molecule has 0 spiro atoms. The Morgan fingerprint density at radius 3 is 2.50 bits per heavy atom. The standard InChI is InChI=1S/C12H18N2/c1-6-8-10-11(7-2)14(5)13-12(10)9(3)4/h6-9H,2H2,1,3-5H3/b8-6-. The van der Waals surface area contributed by atoms with Crippen molar-refractivity contribution in [3.8, 4) is 0 Å². The maximum atomic E-state index is 4.49. The van der Waals surface area contributed by atoms with Crippen LogP contribution in [0.5, 0.6) is 0 Å². The molecule has 0 saturated heterocycles. The smallest absolute Gasteiger partial charge is 0.0728 e. The first-order valence-electron chi connectivity index (χ1n) is 4.93. The van der Waals surface area contributed by atoms with Crippen molar-refractivity contribution in [1.29, 1.82) is 0 Å². The summed E-state index contributed by atoms with van der Waals surface area (Å²) in [5, 5.41) is 4.49. The molecule has 0 saturated carbocycles. The van der Waals surface area contributed by atoms with Crippen molar-refractivity contribution in [3.05, 3.63) is 29.6 Å². The number of allylic oxidation sites excluding steroid dienone is 1.